The second kappa shape index (κ2) is 8.10. The molecule has 4 rings (SSSR count). The van der Waals surface area contributed by atoms with Crippen molar-refractivity contribution in [3.8, 4) is 0 Å². The number of nitrogens with zero attached hydrogens (tertiary/aromatic N) is 2. The number of rotatable bonds is 6. The maximum atomic E-state index is 13.8. The Morgan fingerprint density at radius 2 is 2.14 bits per heavy atom. The Hall–Kier alpha value is -1.88. The molecule has 3 aliphatic heterocycles. The number of nitrogens with one attached hydrogen (secondary N) is 1. The third-order valence-electron chi connectivity index (χ3n) is 7.25. The van der Waals surface area contributed by atoms with Gasteiger partial charge in [-0.15, -0.1) is 0 Å². The zero-order chi connectivity index (χ0) is 20.6. The standard InChI is InChI=1S/C24H35N3O2/c1-17(2)9-10-24(23(29)26-12-11-25-22(28)16-26)14-20-7-8-21(24)27(20)15-19-6-4-5-18(3)13-19/h4-6,13,17,20-21H,7-12,14-16H2,1-3H3,(H,25,28)/t20-,21+,24+/m1/s1. The van der Waals surface area contributed by atoms with Gasteiger partial charge in [0.05, 0.1) is 12.0 Å². The van der Waals surface area contributed by atoms with Gasteiger partial charge >= 0.3 is 0 Å². The van der Waals surface area contributed by atoms with Crippen molar-refractivity contribution in [1.82, 2.24) is 15.1 Å². The summed E-state index contributed by atoms with van der Waals surface area (Å²) < 4.78 is 0. The summed E-state index contributed by atoms with van der Waals surface area (Å²) in [5.41, 5.74) is 2.30. The van der Waals surface area contributed by atoms with Crippen LogP contribution in [0.4, 0.5) is 0 Å². The number of carbonyl (C=O) groups excluding carboxylic acids is 2. The van der Waals surface area contributed by atoms with Crippen molar-refractivity contribution in [2.45, 2.75) is 71.5 Å². The van der Waals surface area contributed by atoms with Crippen LogP contribution < -0.4 is 5.32 Å². The van der Waals surface area contributed by atoms with E-state index in [1.165, 1.54) is 17.5 Å². The maximum absolute atomic E-state index is 13.8. The van der Waals surface area contributed by atoms with Gasteiger partial charge in [0.15, 0.2) is 0 Å². The molecule has 0 radical (unpaired) electrons. The molecule has 2 bridgehead atoms. The Balaban J connectivity index is 1.59. The Morgan fingerprint density at radius 3 is 2.86 bits per heavy atom. The zero-order valence-electron chi connectivity index (χ0n) is 18.1. The van der Waals surface area contributed by atoms with E-state index in [4.69, 9.17) is 0 Å². The number of aryl methyl sites for hydroxylation is 1. The maximum Gasteiger partial charge on any atom is 0.239 e. The van der Waals surface area contributed by atoms with Gasteiger partial charge in [-0.3, -0.25) is 14.5 Å². The van der Waals surface area contributed by atoms with Crippen LogP contribution in [0.15, 0.2) is 24.3 Å². The van der Waals surface area contributed by atoms with Crippen LogP contribution in [-0.4, -0.2) is 53.3 Å². The molecule has 2 amide bonds. The van der Waals surface area contributed by atoms with Crippen LogP contribution in [0.25, 0.3) is 0 Å². The number of benzene rings is 1. The van der Waals surface area contributed by atoms with Crippen LogP contribution in [0.5, 0.6) is 0 Å². The lowest BCUT2D eigenvalue weighted by atomic mass is 9.69. The minimum atomic E-state index is -0.325. The molecular weight excluding hydrogens is 362 g/mol. The Bertz CT molecular complexity index is 777. The number of fused-ring (bicyclic) bond motifs is 2. The van der Waals surface area contributed by atoms with E-state index >= 15 is 0 Å². The van der Waals surface area contributed by atoms with Crippen LogP contribution in [0, 0.1) is 18.3 Å². The monoisotopic (exact) mass is 397 g/mol. The smallest absolute Gasteiger partial charge is 0.239 e. The fourth-order valence-corrected chi connectivity index (χ4v) is 5.85. The highest BCUT2D eigenvalue weighted by Crippen LogP contribution is 2.54. The average Bonchev–Trinajstić information content (AvgIpc) is 3.21. The van der Waals surface area contributed by atoms with Crippen molar-refractivity contribution < 1.29 is 9.59 Å². The normalized spacial score (nSPS) is 29.5. The molecule has 0 aromatic heterocycles. The Morgan fingerprint density at radius 1 is 1.31 bits per heavy atom. The van der Waals surface area contributed by atoms with Crippen LogP contribution >= 0.6 is 0 Å². The first kappa shape index (κ1) is 20.4. The molecule has 5 nitrogen and oxygen atoms in total. The van der Waals surface area contributed by atoms with E-state index < -0.39 is 0 Å². The van der Waals surface area contributed by atoms with E-state index in [-0.39, 0.29) is 23.8 Å². The summed E-state index contributed by atoms with van der Waals surface area (Å²) in [5, 5.41) is 2.86. The molecule has 3 heterocycles. The molecule has 3 aliphatic rings. The van der Waals surface area contributed by atoms with Crippen molar-refractivity contribution in [1.29, 1.82) is 0 Å². The first-order chi connectivity index (χ1) is 13.9. The fraction of sp³-hybridized carbons (Fsp3) is 0.667. The van der Waals surface area contributed by atoms with Gasteiger partial charge in [0.2, 0.25) is 11.8 Å². The average molecular weight is 398 g/mol. The quantitative estimate of drug-likeness (QED) is 0.802. The summed E-state index contributed by atoms with van der Waals surface area (Å²) in [4.78, 5) is 30.2. The lowest BCUT2D eigenvalue weighted by molar-refractivity contribution is -0.149. The van der Waals surface area contributed by atoms with Gasteiger partial charge < -0.3 is 10.2 Å². The van der Waals surface area contributed by atoms with Crippen LogP contribution in [0.1, 0.15) is 57.1 Å². The molecule has 5 heteroatoms. The summed E-state index contributed by atoms with van der Waals surface area (Å²) in [6.45, 7) is 8.98. The van der Waals surface area contributed by atoms with E-state index in [0.717, 1.165) is 32.2 Å². The summed E-state index contributed by atoms with van der Waals surface area (Å²) in [5.74, 6) is 0.784. The molecule has 0 spiro atoms. The molecule has 3 atom stereocenters. The summed E-state index contributed by atoms with van der Waals surface area (Å²) in [6.07, 6.45) is 5.24. The molecule has 29 heavy (non-hydrogen) atoms. The highest BCUT2D eigenvalue weighted by Gasteiger charge is 2.60. The molecule has 3 saturated heterocycles. The minimum Gasteiger partial charge on any atom is -0.353 e. The molecule has 1 N–H and O–H groups in total. The molecule has 0 saturated carbocycles. The predicted molar refractivity (Wildman–Crippen MR) is 114 cm³/mol. The summed E-state index contributed by atoms with van der Waals surface area (Å²) in [7, 11) is 0. The van der Waals surface area contributed by atoms with Gasteiger partial charge in [0, 0.05) is 31.7 Å². The fourth-order valence-electron chi connectivity index (χ4n) is 5.85. The van der Waals surface area contributed by atoms with E-state index in [9.17, 15) is 9.59 Å². The minimum absolute atomic E-state index is 0.0246. The Kier molecular flexibility index (Phi) is 5.69. The van der Waals surface area contributed by atoms with Crippen molar-refractivity contribution in [2.75, 3.05) is 19.6 Å². The number of amides is 2. The molecule has 1 aromatic carbocycles. The number of piperazine rings is 1. The van der Waals surface area contributed by atoms with E-state index in [1.54, 1.807) is 0 Å². The van der Waals surface area contributed by atoms with Crippen molar-refractivity contribution in [3.63, 3.8) is 0 Å². The number of hydrogen-bond acceptors (Lipinski definition) is 3. The molecule has 0 unspecified atom stereocenters. The lowest BCUT2D eigenvalue weighted by Crippen LogP contribution is -2.57. The van der Waals surface area contributed by atoms with Crippen LogP contribution in [0.2, 0.25) is 0 Å². The highest BCUT2D eigenvalue weighted by molar-refractivity contribution is 5.90. The third-order valence-corrected chi connectivity index (χ3v) is 7.25. The third kappa shape index (κ3) is 3.94. The van der Waals surface area contributed by atoms with E-state index in [1.807, 2.05) is 4.90 Å². The second-order valence-corrected chi connectivity index (χ2v) is 9.78. The first-order valence-electron chi connectivity index (χ1n) is 11.3. The lowest BCUT2D eigenvalue weighted by Gasteiger charge is -2.41. The van der Waals surface area contributed by atoms with Gasteiger partial charge in [-0.05, 0) is 50.5 Å². The van der Waals surface area contributed by atoms with Gasteiger partial charge in [-0.1, -0.05) is 43.7 Å². The van der Waals surface area contributed by atoms with Gasteiger partial charge in [-0.2, -0.15) is 0 Å². The SMILES string of the molecule is Cc1cccc(CN2[C@@H]3CC[C@H]2[C@@](CCC(C)C)(C(=O)N2CCNC(=O)C2)C3)c1. The van der Waals surface area contributed by atoms with Gasteiger partial charge in [0.25, 0.3) is 0 Å². The molecule has 158 valence electrons. The van der Waals surface area contributed by atoms with Gasteiger partial charge in [0.1, 0.15) is 0 Å². The largest absolute Gasteiger partial charge is 0.353 e. The summed E-state index contributed by atoms with van der Waals surface area (Å²) in [6, 6.07) is 9.52. The molecular formula is C24H35N3O2. The van der Waals surface area contributed by atoms with E-state index in [2.05, 4.69) is 55.3 Å². The number of carbonyl (C=O) groups is 2. The number of hydrogen-bond donors (Lipinski definition) is 1. The molecule has 1 aromatic rings. The van der Waals surface area contributed by atoms with Crippen LogP contribution in [-0.2, 0) is 16.1 Å². The zero-order valence-corrected chi connectivity index (χ0v) is 18.1. The summed E-state index contributed by atoms with van der Waals surface area (Å²) >= 11 is 0. The molecule has 3 fully saturated rings. The molecule has 0 aliphatic carbocycles. The second-order valence-electron chi connectivity index (χ2n) is 9.78. The Labute approximate surface area is 174 Å². The van der Waals surface area contributed by atoms with Crippen molar-refractivity contribution in [2.24, 2.45) is 11.3 Å². The highest BCUT2D eigenvalue weighted by atomic mass is 16.2. The van der Waals surface area contributed by atoms with Crippen molar-refractivity contribution >= 4 is 11.8 Å². The van der Waals surface area contributed by atoms with Gasteiger partial charge in [-0.25, -0.2) is 0 Å². The first-order valence-corrected chi connectivity index (χ1v) is 11.3. The van der Waals surface area contributed by atoms with Crippen molar-refractivity contribution in [3.05, 3.63) is 35.4 Å². The van der Waals surface area contributed by atoms with E-state index in [0.29, 0.717) is 31.1 Å². The predicted octanol–water partition coefficient (Wildman–Crippen LogP) is 3.11. The van der Waals surface area contributed by atoms with Crippen LogP contribution in [0.3, 0.4) is 0 Å². The topological polar surface area (TPSA) is 52.7 Å².